The lowest BCUT2D eigenvalue weighted by Gasteiger charge is -2.35. The summed E-state index contributed by atoms with van der Waals surface area (Å²) < 4.78 is 18.4. The number of piperidine rings is 2. The Balaban J connectivity index is 1.60. The zero-order valence-corrected chi connectivity index (χ0v) is 12.9. The van der Waals surface area contributed by atoms with Crippen LogP contribution in [-0.2, 0) is 14.4 Å². The second-order valence-electron chi connectivity index (χ2n) is 5.93. The SMILES string of the molecule is O=C1CC(C(=O)N2CCCC(Oc3ncc(F)cn3)C2)CC(=O)N1. The third kappa shape index (κ3) is 3.84. The highest BCUT2D eigenvalue weighted by Crippen LogP contribution is 2.21. The molecular formula is C15H17FN4O4. The maximum absolute atomic E-state index is 12.8. The molecule has 2 fully saturated rings. The highest BCUT2D eigenvalue weighted by Gasteiger charge is 2.35. The Kier molecular flexibility index (Phi) is 4.68. The number of carbonyl (C=O) groups is 3. The van der Waals surface area contributed by atoms with E-state index in [0.717, 1.165) is 18.8 Å². The van der Waals surface area contributed by atoms with Crippen LogP contribution >= 0.6 is 0 Å². The van der Waals surface area contributed by atoms with Gasteiger partial charge in [-0.15, -0.1) is 0 Å². The quantitative estimate of drug-likeness (QED) is 0.782. The van der Waals surface area contributed by atoms with E-state index in [4.69, 9.17) is 4.74 Å². The number of hydrogen-bond donors (Lipinski definition) is 1. The van der Waals surface area contributed by atoms with Gasteiger partial charge >= 0.3 is 6.01 Å². The minimum Gasteiger partial charge on any atom is -0.458 e. The summed E-state index contributed by atoms with van der Waals surface area (Å²) in [4.78, 5) is 44.5. The van der Waals surface area contributed by atoms with Gasteiger partial charge in [0.05, 0.1) is 24.9 Å². The third-order valence-electron chi connectivity index (χ3n) is 4.05. The van der Waals surface area contributed by atoms with Crippen molar-refractivity contribution in [2.24, 2.45) is 5.92 Å². The molecule has 9 heteroatoms. The van der Waals surface area contributed by atoms with Crippen molar-refractivity contribution in [1.82, 2.24) is 20.2 Å². The first kappa shape index (κ1) is 16.3. The number of nitrogens with zero attached hydrogens (tertiary/aromatic N) is 3. The molecule has 0 radical (unpaired) electrons. The monoisotopic (exact) mass is 336 g/mol. The van der Waals surface area contributed by atoms with Crippen LogP contribution in [-0.4, -0.2) is 51.8 Å². The Morgan fingerprint density at radius 3 is 2.58 bits per heavy atom. The van der Waals surface area contributed by atoms with Crippen molar-refractivity contribution in [2.45, 2.75) is 31.8 Å². The highest BCUT2D eigenvalue weighted by atomic mass is 19.1. The van der Waals surface area contributed by atoms with Crippen LogP contribution in [0, 0.1) is 11.7 Å². The molecule has 0 spiro atoms. The van der Waals surface area contributed by atoms with E-state index >= 15 is 0 Å². The van der Waals surface area contributed by atoms with Gasteiger partial charge in [-0.25, -0.2) is 14.4 Å². The summed E-state index contributed by atoms with van der Waals surface area (Å²) in [6.45, 7) is 0.876. The minimum absolute atomic E-state index is 0.0215. The Labute approximate surface area is 137 Å². The lowest BCUT2D eigenvalue weighted by Crippen LogP contribution is -2.50. The van der Waals surface area contributed by atoms with Crippen molar-refractivity contribution in [3.8, 4) is 6.01 Å². The van der Waals surface area contributed by atoms with Crippen LogP contribution in [0.4, 0.5) is 4.39 Å². The van der Waals surface area contributed by atoms with Crippen molar-refractivity contribution in [3.05, 3.63) is 18.2 Å². The molecule has 0 saturated carbocycles. The van der Waals surface area contributed by atoms with E-state index in [0.29, 0.717) is 19.5 Å². The molecule has 24 heavy (non-hydrogen) atoms. The predicted octanol–water partition coefficient (Wildman–Crippen LogP) is 0.0383. The summed E-state index contributed by atoms with van der Waals surface area (Å²) in [6.07, 6.45) is 3.21. The average molecular weight is 336 g/mol. The van der Waals surface area contributed by atoms with Gasteiger partial charge in [0.15, 0.2) is 5.82 Å². The molecule has 1 aromatic rings. The predicted molar refractivity (Wildman–Crippen MR) is 78.1 cm³/mol. The van der Waals surface area contributed by atoms with Crippen molar-refractivity contribution >= 4 is 17.7 Å². The van der Waals surface area contributed by atoms with Crippen LogP contribution in [0.3, 0.4) is 0 Å². The second-order valence-corrected chi connectivity index (χ2v) is 5.93. The molecule has 2 saturated heterocycles. The summed E-state index contributed by atoms with van der Waals surface area (Å²) in [7, 11) is 0. The molecule has 3 heterocycles. The van der Waals surface area contributed by atoms with Gasteiger partial charge in [0.25, 0.3) is 0 Å². The Hall–Kier alpha value is -2.58. The van der Waals surface area contributed by atoms with Gasteiger partial charge < -0.3 is 9.64 Å². The number of hydrogen-bond acceptors (Lipinski definition) is 6. The number of halogens is 1. The Morgan fingerprint density at radius 1 is 1.25 bits per heavy atom. The van der Waals surface area contributed by atoms with Crippen LogP contribution in [0.25, 0.3) is 0 Å². The first-order valence-electron chi connectivity index (χ1n) is 7.77. The van der Waals surface area contributed by atoms with Gasteiger partial charge in [-0.2, -0.15) is 0 Å². The van der Waals surface area contributed by atoms with Gasteiger partial charge in [0.2, 0.25) is 17.7 Å². The Bertz CT molecular complexity index is 635. The van der Waals surface area contributed by atoms with E-state index in [1.54, 1.807) is 4.90 Å². The largest absolute Gasteiger partial charge is 0.458 e. The number of amides is 3. The number of rotatable bonds is 3. The molecule has 3 rings (SSSR count). The number of aromatic nitrogens is 2. The van der Waals surface area contributed by atoms with Gasteiger partial charge in [-0.3, -0.25) is 19.7 Å². The molecule has 1 N–H and O–H groups in total. The summed E-state index contributed by atoms with van der Waals surface area (Å²) in [5.41, 5.74) is 0. The van der Waals surface area contributed by atoms with E-state index in [-0.39, 0.29) is 30.9 Å². The summed E-state index contributed by atoms with van der Waals surface area (Å²) in [6, 6.07) is 0.0583. The molecule has 0 aromatic carbocycles. The zero-order chi connectivity index (χ0) is 17.1. The van der Waals surface area contributed by atoms with Gasteiger partial charge in [-0.1, -0.05) is 0 Å². The summed E-state index contributed by atoms with van der Waals surface area (Å²) >= 11 is 0. The van der Waals surface area contributed by atoms with Crippen molar-refractivity contribution in [1.29, 1.82) is 0 Å². The fourth-order valence-corrected chi connectivity index (χ4v) is 2.96. The molecule has 2 aliphatic heterocycles. The smallest absolute Gasteiger partial charge is 0.316 e. The van der Waals surface area contributed by atoms with Crippen LogP contribution in [0.2, 0.25) is 0 Å². The van der Waals surface area contributed by atoms with E-state index < -0.39 is 23.5 Å². The Morgan fingerprint density at radius 2 is 1.92 bits per heavy atom. The molecule has 0 bridgehead atoms. The molecule has 0 aliphatic carbocycles. The number of nitrogens with one attached hydrogen (secondary N) is 1. The fraction of sp³-hybridized carbons (Fsp3) is 0.533. The number of carbonyl (C=O) groups excluding carboxylic acids is 3. The fourth-order valence-electron chi connectivity index (χ4n) is 2.96. The van der Waals surface area contributed by atoms with E-state index in [2.05, 4.69) is 15.3 Å². The molecule has 1 aromatic heterocycles. The lowest BCUT2D eigenvalue weighted by atomic mass is 9.94. The van der Waals surface area contributed by atoms with Crippen LogP contribution in [0.5, 0.6) is 6.01 Å². The maximum Gasteiger partial charge on any atom is 0.316 e. The molecular weight excluding hydrogens is 319 g/mol. The highest BCUT2D eigenvalue weighted by molar-refractivity contribution is 6.02. The van der Waals surface area contributed by atoms with Gasteiger partial charge in [-0.05, 0) is 12.8 Å². The third-order valence-corrected chi connectivity index (χ3v) is 4.05. The normalized spacial score (nSPS) is 22.2. The standard InChI is InChI=1S/C15H17FN4O4/c16-10-6-17-15(18-7-10)24-11-2-1-3-20(8-11)14(23)9-4-12(21)19-13(22)5-9/h6-7,9,11H,1-5,8H2,(H,19,21,22). The number of imide groups is 1. The van der Waals surface area contributed by atoms with Crippen LogP contribution < -0.4 is 10.1 Å². The minimum atomic E-state index is -0.618. The zero-order valence-electron chi connectivity index (χ0n) is 12.9. The molecule has 128 valence electrons. The van der Waals surface area contributed by atoms with Crippen molar-refractivity contribution in [3.63, 3.8) is 0 Å². The van der Waals surface area contributed by atoms with Gasteiger partial charge in [0.1, 0.15) is 6.10 Å². The molecule has 3 amide bonds. The van der Waals surface area contributed by atoms with Crippen molar-refractivity contribution < 1.29 is 23.5 Å². The summed E-state index contributed by atoms with van der Waals surface area (Å²) in [5, 5.41) is 2.19. The molecule has 2 aliphatic rings. The second kappa shape index (κ2) is 6.90. The topological polar surface area (TPSA) is 101 Å². The molecule has 1 unspecified atom stereocenters. The molecule has 1 atom stereocenters. The first-order chi connectivity index (χ1) is 11.5. The van der Waals surface area contributed by atoms with E-state index in [1.807, 2.05) is 0 Å². The van der Waals surface area contributed by atoms with Gasteiger partial charge in [0, 0.05) is 19.4 Å². The van der Waals surface area contributed by atoms with E-state index in [9.17, 15) is 18.8 Å². The summed E-state index contributed by atoms with van der Waals surface area (Å²) in [5.74, 6) is -2.23. The lowest BCUT2D eigenvalue weighted by molar-refractivity contribution is -0.146. The number of ether oxygens (including phenoxy) is 1. The average Bonchev–Trinajstić information content (AvgIpc) is 2.56. The van der Waals surface area contributed by atoms with Crippen LogP contribution in [0.1, 0.15) is 25.7 Å². The van der Waals surface area contributed by atoms with E-state index in [1.165, 1.54) is 0 Å². The molecule has 8 nitrogen and oxygen atoms in total. The number of likely N-dealkylation sites (tertiary alicyclic amines) is 1. The first-order valence-corrected chi connectivity index (χ1v) is 7.77. The van der Waals surface area contributed by atoms with Crippen LogP contribution in [0.15, 0.2) is 12.4 Å². The maximum atomic E-state index is 12.8. The van der Waals surface area contributed by atoms with Crippen molar-refractivity contribution in [2.75, 3.05) is 13.1 Å².